The predicted octanol–water partition coefficient (Wildman–Crippen LogP) is 0.830. The Morgan fingerprint density at radius 1 is 1.37 bits per heavy atom. The van der Waals surface area contributed by atoms with E-state index in [2.05, 4.69) is 0 Å². The molecule has 2 atom stereocenters. The summed E-state index contributed by atoms with van der Waals surface area (Å²) < 4.78 is -0.554. The highest BCUT2D eigenvalue weighted by molar-refractivity contribution is 5.97. The number of rotatable bonds is 3. The van der Waals surface area contributed by atoms with Crippen molar-refractivity contribution in [1.29, 1.82) is 0 Å². The minimum atomic E-state index is -0.554. The minimum absolute atomic E-state index is 0.00343. The van der Waals surface area contributed by atoms with Crippen molar-refractivity contribution in [1.82, 2.24) is 4.90 Å². The van der Waals surface area contributed by atoms with Crippen LogP contribution in [0.2, 0.25) is 0 Å². The van der Waals surface area contributed by atoms with Crippen LogP contribution in [-0.4, -0.2) is 51.6 Å². The molecule has 2 aliphatic rings. The van der Waals surface area contributed by atoms with Crippen LogP contribution in [0, 0.1) is 0 Å². The molecule has 0 radical (unpaired) electrons. The second-order valence-corrected chi connectivity index (χ2v) is 5.48. The van der Waals surface area contributed by atoms with Gasteiger partial charge in [0.05, 0.1) is 6.42 Å². The summed E-state index contributed by atoms with van der Waals surface area (Å²) in [6, 6.07) is -0.101. The zero-order chi connectivity index (χ0) is 14.0. The molecule has 0 bridgehead atoms. The average molecular weight is 269 g/mol. The van der Waals surface area contributed by atoms with E-state index in [1.807, 2.05) is 6.92 Å². The number of hydroxylamine groups is 3. The second-order valence-electron chi connectivity index (χ2n) is 5.48. The Morgan fingerprint density at radius 2 is 2.11 bits per heavy atom. The highest BCUT2D eigenvalue weighted by atomic mass is 16.6. The number of amides is 3. The number of hydrogen-bond donors (Lipinski definition) is 1. The third-order valence-corrected chi connectivity index (χ3v) is 4.21. The van der Waals surface area contributed by atoms with Crippen molar-refractivity contribution < 1.29 is 24.2 Å². The average Bonchev–Trinajstić information content (AvgIpc) is 2.94. The molecular formula is C13H21N2O4+. The fourth-order valence-corrected chi connectivity index (χ4v) is 2.89. The van der Waals surface area contributed by atoms with Gasteiger partial charge in [-0.25, -0.2) is 10.0 Å². The first-order chi connectivity index (χ1) is 8.95. The van der Waals surface area contributed by atoms with Crippen molar-refractivity contribution in [3.63, 3.8) is 0 Å². The van der Waals surface area contributed by atoms with Gasteiger partial charge < -0.3 is 0 Å². The fraction of sp³-hybridized carbons (Fsp3) is 0.769. The Hall–Kier alpha value is -1.27. The molecule has 0 aromatic carbocycles. The normalized spacial score (nSPS) is 30.9. The summed E-state index contributed by atoms with van der Waals surface area (Å²) >= 11 is 0. The van der Waals surface area contributed by atoms with Crippen LogP contribution in [0.15, 0.2) is 0 Å². The third-order valence-electron chi connectivity index (χ3n) is 4.21. The lowest BCUT2D eigenvalue weighted by Crippen LogP contribution is -2.52. The molecule has 0 spiro atoms. The molecule has 0 saturated carbocycles. The largest absolute Gasteiger partial charge is 0.346 e. The van der Waals surface area contributed by atoms with Gasteiger partial charge in [0.2, 0.25) is 11.8 Å². The second kappa shape index (κ2) is 5.38. The van der Waals surface area contributed by atoms with Crippen LogP contribution >= 0.6 is 0 Å². The monoisotopic (exact) mass is 269 g/mol. The molecule has 1 unspecified atom stereocenters. The Labute approximate surface area is 112 Å². The van der Waals surface area contributed by atoms with Crippen LogP contribution in [0.3, 0.4) is 0 Å². The van der Waals surface area contributed by atoms with Gasteiger partial charge in [0.1, 0.15) is 12.6 Å². The Bertz CT molecular complexity index is 409. The SMILES string of the molecule is C[C@@H]1CCC[N+]1(O)C(=O)CCC(=O)N1CCCC1=O. The zero-order valence-corrected chi connectivity index (χ0v) is 11.3. The summed E-state index contributed by atoms with van der Waals surface area (Å²) in [5.74, 6) is -0.765. The van der Waals surface area contributed by atoms with Crippen LogP contribution < -0.4 is 0 Å². The number of carbonyl (C=O) groups is 3. The highest BCUT2D eigenvalue weighted by Gasteiger charge is 2.45. The number of imide groups is 1. The summed E-state index contributed by atoms with van der Waals surface area (Å²) in [5.41, 5.74) is 0. The van der Waals surface area contributed by atoms with E-state index in [0.717, 1.165) is 12.8 Å². The van der Waals surface area contributed by atoms with Gasteiger partial charge in [0, 0.05) is 32.2 Å². The molecule has 0 aliphatic carbocycles. The summed E-state index contributed by atoms with van der Waals surface area (Å²) in [5, 5.41) is 10.3. The van der Waals surface area contributed by atoms with E-state index >= 15 is 0 Å². The first-order valence-corrected chi connectivity index (χ1v) is 6.92. The van der Waals surface area contributed by atoms with Gasteiger partial charge in [-0.1, -0.05) is 0 Å². The number of likely N-dealkylation sites (tertiary alicyclic amines) is 2. The van der Waals surface area contributed by atoms with E-state index in [9.17, 15) is 19.6 Å². The van der Waals surface area contributed by atoms with Crippen molar-refractivity contribution in [2.45, 2.75) is 51.5 Å². The van der Waals surface area contributed by atoms with Crippen molar-refractivity contribution >= 4 is 17.7 Å². The number of carbonyl (C=O) groups excluding carboxylic acids is 3. The van der Waals surface area contributed by atoms with Crippen LogP contribution in [0.5, 0.6) is 0 Å². The predicted molar refractivity (Wildman–Crippen MR) is 65.8 cm³/mol. The van der Waals surface area contributed by atoms with Gasteiger partial charge in [0.25, 0.3) is 0 Å². The molecule has 6 nitrogen and oxygen atoms in total. The molecule has 0 aromatic heterocycles. The van der Waals surface area contributed by atoms with Gasteiger partial charge in [0.15, 0.2) is 0 Å². The number of hydrogen-bond acceptors (Lipinski definition) is 4. The van der Waals surface area contributed by atoms with Crippen LogP contribution in [-0.2, 0) is 14.4 Å². The maximum atomic E-state index is 12.0. The van der Waals surface area contributed by atoms with Gasteiger partial charge in [-0.3, -0.25) is 14.5 Å². The molecule has 3 amide bonds. The summed E-state index contributed by atoms with van der Waals surface area (Å²) in [7, 11) is 0. The lowest BCUT2D eigenvalue weighted by molar-refractivity contribution is -1.05. The summed E-state index contributed by atoms with van der Waals surface area (Å²) in [4.78, 5) is 36.5. The van der Waals surface area contributed by atoms with E-state index in [1.54, 1.807) is 0 Å². The molecule has 2 aliphatic heterocycles. The maximum absolute atomic E-state index is 12.0. The molecule has 2 saturated heterocycles. The van der Waals surface area contributed by atoms with E-state index in [4.69, 9.17) is 0 Å². The zero-order valence-electron chi connectivity index (χ0n) is 11.3. The van der Waals surface area contributed by atoms with Gasteiger partial charge in [-0.15, -0.1) is 4.65 Å². The highest BCUT2D eigenvalue weighted by Crippen LogP contribution is 2.26. The fourth-order valence-electron chi connectivity index (χ4n) is 2.89. The first-order valence-electron chi connectivity index (χ1n) is 6.92. The lowest BCUT2D eigenvalue weighted by Gasteiger charge is -2.27. The molecule has 0 aromatic rings. The Morgan fingerprint density at radius 3 is 2.63 bits per heavy atom. The van der Waals surface area contributed by atoms with Gasteiger partial charge in [-0.2, -0.15) is 0 Å². The van der Waals surface area contributed by atoms with E-state index in [-0.39, 0.29) is 36.6 Å². The third kappa shape index (κ3) is 2.69. The van der Waals surface area contributed by atoms with E-state index in [1.165, 1.54) is 4.90 Å². The van der Waals surface area contributed by atoms with Crippen LogP contribution in [0.1, 0.15) is 45.4 Å². The first kappa shape index (κ1) is 14.1. The van der Waals surface area contributed by atoms with Crippen molar-refractivity contribution in [2.24, 2.45) is 0 Å². The van der Waals surface area contributed by atoms with E-state index < -0.39 is 4.65 Å². The van der Waals surface area contributed by atoms with Crippen molar-refractivity contribution in [3.8, 4) is 0 Å². The molecular weight excluding hydrogens is 248 g/mol. The molecule has 19 heavy (non-hydrogen) atoms. The number of nitrogens with zero attached hydrogens (tertiary/aromatic N) is 2. The van der Waals surface area contributed by atoms with Gasteiger partial charge in [-0.05, 0) is 13.3 Å². The molecule has 1 N–H and O–H groups in total. The summed E-state index contributed by atoms with van der Waals surface area (Å²) in [6.45, 7) is 2.73. The molecule has 2 rings (SSSR count). The van der Waals surface area contributed by atoms with Crippen LogP contribution in [0.25, 0.3) is 0 Å². The lowest BCUT2D eigenvalue weighted by atomic mass is 10.2. The molecule has 2 fully saturated rings. The summed E-state index contributed by atoms with van der Waals surface area (Å²) in [6.07, 6.45) is 2.77. The topological polar surface area (TPSA) is 74.7 Å². The Kier molecular flexibility index (Phi) is 4.01. The smallest absolute Gasteiger partial charge is 0.283 e. The van der Waals surface area contributed by atoms with Gasteiger partial charge >= 0.3 is 5.91 Å². The van der Waals surface area contributed by atoms with Crippen molar-refractivity contribution in [3.05, 3.63) is 0 Å². The standard InChI is InChI=1S/C13H21N2O4/c1-10-4-3-9-15(10,19)13(18)7-6-12(17)14-8-2-5-11(14)16/h10,19H,2-9H2,1H3/q+1/t10-,15?/m1/s1. The molecule has 106 valence electrons. The molecule has 2 heterocycles. The number of quaternary nitrogens is 1. The van der Waals surface area contributed by atoms with E-state index in [0.29, 0.717) is 25.9 Å². The van der Waals surface area contributed by atoms with Crippen molar-refractivity contribution in [2.75, 3.05) is 13.1 Å². The minimum Gasteiger partial charge on any atom is -0.283 e. The molecule has 6 heteroatoms. The van der Waals surface area contributed by atoms with Crippen LogP contribution in [0.4, 0.5) is 0 Å². The maximum Gasteiger partial charge on any atom is 0.346 e. The Balaban J connectivity index is 1.87. The quantitative estimate of drug-likeness (QED) is 0.608.